The molecule has 100 valence electrons. The number of hydrogen-bond acceptors (Lipinski definition) is 3. The average Bonchev–Trinajstić information content (AvgIpc) is 2.34. The summed E-state index contributed by atoms with van der Waals surface area (Å²) >= 11 is 3.38. The van der Waals surface area contributed by atoms with Crippen LogP contribution in [0.3, 0.4) is 0 Å². The van der Waals surface area contributed by atoms with Gasteiger partial charge in [-0.25, -0.2) is 0 Å². The second kappa shape index (κ2) is 7.38. The van der Waals surface area contributed by atoms with E-state index in [2.05, 4.69) is 33.1 Å². The minimum Gasteiger partial charge on any atom is -0.398 e. The van der Waals surface area contributed by atoms with Crippen molar-refractivity contribution in [3.63, 3.8) is 0 Å². The van der Waals surface area contributed by atoms with Gasteiger partial charge in [0.2, 0.25) is 5.91 Å². The molecule has 3 N–H and O–H groups in total. The summed E-state index contributed by atoms with van der Waals surface area (Å²) in [6.45, 7) is 4.15. The molecule has 0 spiro atoms. The minimum atomic E-state index is 0.0357. The number of rotatable bonds is 6. The van der Waals surface area contributed by atoms with Crippen LogP contribution in [0.25, 0.3) is 0 Å². The Morgan fingerprint density at radius 2 is 2.22 bits per heavy atom. The SMILES string of the molecule is CCCN(CC(=O)NC)Cc1ccc(Br)c(N)c1. The fourth-order valence-electron chi connectivity index (χ4n) is 1.76. The molecular weight excluding hydrogens is 294 g/mol. The molecule has 0 saturated carbocycles. The number of nitrogens with one attached hydrogen (secondary N) is 1. The van der Waals surface area contributed by atoms with Gasteiger partial charge in [0, 0.05) is 23.8 Å². The van der Waals surface area contributed by atoms with Crippen molar-refractivity contribution in [3.05, 3.63) is 28.2 Å². The fraction of sp³-hybridized carbons (Fsp3) is 0.462. The lowest BCUT2D eigenvalue weighted by Gasteiger charge is -2.21. The maximum absolute atomic E-state index is 11.4. The van der Waals surface area contributed by atoms with Gasteiger partial charge in [-0.1, -0.05) is 13.0 Å². The molecule has 0 saturated heterocycles. The molecule has 0 aromatic heterocycles. The lowest BCUT2D eigenvalue weighted by atomic mass is 10.2. The van der Waals surface area contributed by atoms with E-state index in [1.165, 1.54) is 0 Å². The number of nitrogens with two attached hydrogens (primary N) is 1. The van der Waals surface area contributed by atoms with Gasteiger partial charge in [0.25, 0.3) is 0 Å². The molecule has 0 unspecified atom stereocenters. The Hall–Kier alpha value is -1.07. The number of benzene rings is 1. The molecule has 0 aliphatic carbocycles. The number of halogens is 1. The fourth-order valence-corrected chi connectivity index (χ4v) is 2.01. The smallest absolute Gasteiger partial charge is 0.233 e. The summed E-state index contributed by atoms with van der Waals surface area (Å²) in [6, 6.07) is 5.90. The van der Waals surface area contributed by atoms with Crippen molar-refractivity contribution in [2.75, 3.05) is 25.9 Å². The summed E-state index contributed by atoms with van der Waals surface area (Å²) in [7, 11) is 1.66. The maximum atomic E-state index is 11.4. The predicted octanol–water partition coefficient (Wildman–Crippen LogP) is 1.99. The van der Waals surface area contributed by atoms with Crippen molar-refractivity contribution < 1.29 is 4.79 Å². The van der Waals surface area contributed by atoms with Gasteiger partial charge in [0.1, 0.15) is 0 Å². The first-order valence-corrected chi connectivity index (χ1v) is 6.83. The van der Waals surface area contributed by atoms with Gasteiger partial charge < -0.3 is 11.1 Å². The second-order valence-electron chi connectivity index (χ2n) is 4.24. The number of nitrogens with zero attached hydrogens (tertiary/aromatic N) is 1. The van der Waals surface area contributed by atoms with E-state index in [1.54, 1.807) is 7.05 Å². The first kappa shape index (κ1) is 15.0. The molecule has 0 fully saturated rings. The topological polar surface area (TPSA) is 58.4 Å². The Balaban J connectivity index is 2.69. The van der Waals surface area contributed by atoms with Gasteiger partial charge in [-0.15, -0.1) is 0 Å². The molecule has 4 nitrogen and oxygen atoms in total. The number of amides is 1. The van der Waals surface area contributed by atoms with E-state index >= 15 is 0 Å². The molecule has 0 heterocycles. The lowest BCUT2D eigenvalue weighted by molar-refractivity contribution is -0.121. The summed E-state index contributed by atoms with van der Waals surface area (Å²) in [5.74, 6) is 0.0357. The molecule has 0 atom stereocenters. The first-order chi connectivity index (χ1) is 8.56. The maximum Gasteiger partial charge on any atom is 0.233 e. The molecule has 0 aliphatic heterocycles. The Kier molecular flexibility index (Phi) is 6.15. The van der Waals surface area contributed by atoms with Crippen molar-refractivity contribution in [2.24, 2.45) is 0 Å². The van der Waals surface area contributed by atoms with E-state index in [-0.39, 0.29) is 5.91 Å². The zero-order valence-electron chi connectivity index (χ0n) is 10.9. The van der Waals surface area contributed by atoms with Crippen molar-refractivity contribution in [3.8, 4) is 0 Å². The highest BCUT2D eigenvalue weighted by molar-refractivity contribution is 9.10. The Morgan fingerprint density at radius 3 is 2.78 bits per heavy atom. The third-order valence-corrected chi connectivity index (χ3v) is 3.37. The van der Waals surface area contributed by atoms with E-state index in [1.807, 2.05) is 18.2 Å². The number of hydrogen-bond donors (Lipinski definition) is 2. The highest BCUT2D eigenvalue weighted by atomic mass is 79.9. The van der Waals surface area contributed by atoms with Gasteiger partial charge in [-0.2, -0.15) is 0 Å². The van der Waals surface area contributed by atoms with Crippen LogP contribution in [0.4, 0.5) is 5.69 Å². The molecule has 0 bridgehead atoms. The monoisotopic (exact) mass is 313 g/mol. The minimum absolute atomic E-state index is 0.0357. The second-order valence-corrected chi connectivity index (χ2v) is 5.09. The largest absolute Gasteiger partial charge is 0.398 e. The number of likely N-dealkylation sites (N-methyl/N-ethyl adjacent to an activating group) is 1. The van der Waals surface area contributed by atoms with Crippen LogP contribution in [0.2, 0.25) is 0 Å². The molecule has 18 heavy (non-hydrogen) atoms. The van der Waals surface area contributed by atoms with Gasteiger partial charge in [-0.3, -0.25) is 9.69 Å². The molecule has 5 heteroatoms. The van der Waals surface area contributed by atoms with Crippen LogP contribution in [0.5, 0.6) is 0 Å². The van der Waals surface area contributed by atoms with Crippen molar-refractivity contribution in [1.82, 2.24) is 10.2 Å². The molecule has 1 rings (SSSR count). The average molecular weight is 314 g/mol. The van der Waals surface area contributed by atoms with Crippen LogP contribution in [0.15, 0.2) is 22.7 Å². The Morgan fingerprint density at radius 1 is 1.50 bits per heavy atom. The van der Waals surface area contributed by atoms with Crippen molar-refractivity contribution in [1.29, 1.82) is 0 Å². The zero-order chi connectivity index (χ0) is 13.5. The third-order valence-electron chi connectivity index (χ3n) is 2.65. The van der Waals surface area contributed by atoms with Crippen LogP contribution in [-0.4, -0.2) is 30.9 Å². The highest BCUT2D eigenvalue weighted by Gasteiger charge is 2.10. The molecule has 0 radical (unpaired) electrons. The number of carbonyl (C=O) groups is 1. The molecule has 1 amide bonds. The standard InChI is InChI=1S/C13H20BrN3O/c1-3-6-17(9-13(18)16-2)8-10-4-5-11(14)12(15)7-10/h4-5,7H,3,6,8-9,15H2,1-2H3,(H,16,18). The Labute approximate surface area is 117 Å². The van der Waals surface area contributed by atoms with Gasteiger partial charge in [0.15, 0.2) is 0 Å². The van der Waals surface area contributed by atoms with Crippen LogP contribution >= 0.6 is 15.9 Å². The van der Waals surface area contributed by atoms with E-state index in [0.717, 1.165) is 35.2 Å². The van der Waals surface area contributed by atoms with E-state index in [9.17, 15) is 4.79 Å². The number of anilines is 1. The highest BCUT2D eigenvalue weighted by Crippen LogP contribution is 2.21. The summed E-state index contributed by atoms with van der Waals surface area (Å²) in [4.78, 5) is 13.5. The van der Waals surface area contributed by atoms with Crippen LogP contribution < -0.4 is 11.1 Å². The Bertz CT molecular complexity index is 409. The van der Waals surface area contributed by atoms with Gasteiger partial charge >= 0.3 is 0 Å². The molecule has 1 aromatic rings. The lowest BCUT2D eigenvalue weighted by Crippen LogP contribution is -2.35. The number of nitrogen functional groups attached to an aromatic ring is 1. The van der Waals surface area contributed by atoms with E-state index in [4.69, 9.17) is 5.73 Å². The summed E-state index contributed by atoms with van der Waals surface area (Å²) < 4.78 is 0.902. The van der Waals surface area contributed by atoms with Crippen LogP contribution in [0, 0.1) is 0 Å². The zero-order valence-corrected chi connectivity index (χ0v) is 12.5. The quantitative estimate of drug-likeness (QED) is 0.790. The summed E-state index contributed by atoms with van der Waals surface area (Å²) in [5.41, 5.74) is 7.70. The van der Waals surface area contributed by atoms with E-state index in [0.29, 0.717) is 6.54 Å². The third kappa shape index (κ3) is 4.66. The normalized spacial score (nSPS) is 10.7. The number of carbonyl (C=O) groups excluding carboxylic acids is 1. The van der Waals surface area contributed by atoms with Gasteiger partial charge in [0.05, 0.1) is 6.54 Å². The van der Waals surface area contributed by atoms with Crippen molar-refractivity contribution in [2.45, 2.75) is 19.9 Å². The van der Waals surface area contributed by atoms with Gasteiger partial charge in [-0.05, 0) is 46.6 Å². The van der Waals surface area contributed by atoms with Crippen LogP contribution in [0.1, 0.15) is 18.9 Å². The van der Waals surface area contributed by atoms with Crippen LogP contribution in [-0.2, 0) is 11.3 Å². The molecule has 1 aromatic carbocycles. The molecular formula is C13H20BrN3O. The predicted molar refractivity (Wildman–Crippen MR) is 78.2 cm³/mol. The summed E-state index contributed by atoms with van der Waals surface area (Å²) in [6.07, 6.45) is 1.02. The molecule has 0 aliphatic rings. The first-order valence-electron chi connectivity index (χ1n) is 6.03. The van der Waals surface area contributed by atoms with E-state index < -0.39 is 0 Å². The summed E-state index contributed by atoms with van der Waals surface area (Å²) in [5, 5.41) is 2.65. The van der Waals surface area contributed by atoms with Crippen molar-refractivity contribution >= 4 is 27.5 Å².